The highest BCUT2D eigenvalue weighted by atomic mass is 19.1. The van der Waals surface area contributed by atoms with Gasteiger partial charge >= 0.3 is 5.63 Å². The fourth-order valence-electron chi connectivity index (χ4n) is 3.60. The molecule has 172 valence electrons. The lowest BCUT2D eigenvalue weighted by atomic mass is 10.1. The van der Waals surface area contributed by atoms with Crippen LogP contribution in [0.3, 0.4) is 0 Å². The van der Waals surface area contributed by atoms with Crippen LogP contribution in [0.5, 0.6) is 5.88 Å². The molecule has 0 saturated carbocycles. The number of hydrogen-bond acceptors (Lipinski definition) is 5. The van der Waals surface area contributed by atoms with Gasteiger partial charge in [0, 0.05) is 24.1 Å². The summed E-state index contributed by atoms with van der Waals surface area (Å²) >= 11 is 0. The molecule has 0 unspecified atom stereocenters. The molecule has 7 heteroatoms. The number of ether oxygens (including phenoxy) is 1. The van der Waals surface area contributed by atoms with Crippen LogP contribution in [0.2, 0.25) is 0 Å². The third-order valence-electron chi connectivity index (χ3n) is 5.30. The van der Waals surface area contributed by atoms with Gasteiger partial charge in [-0.3, -0.25) is 0 Å². The minimum Gasteiger partial charge on any atom is -0.478 e. The van der Waals surface area contributed by atoms with E-state index < -0.39 is 17.3 Å². The predicted octanol–water partition coefficient (Wildman–Crippen LogP) is 6.02. The minimum atomic E-state index is -0.764. The van der Waals surface area contributed by atoms with E-state index in [-0.39, 0.29) is 23.4 Å². The molecule has 0 spiro atoms. The van der Waals surface area contributed by atoms with Gasteiger partial charge in [0.25, 0.3) is 0 Å². The molecule has 0 aliphatic carbocycles. The van der Waals surface area contributed by atoms with Crippen molar-refractivity contribution in [1.82, 2.24) is 4.98 Å². The van der Waals surface area contributed by atoms with Crippen LogP contribution in [0.25, 0.3) is 22.2 Å². The Hall–Kier alpha value is -2.80. The molecule has 0 bridgehead atoms. The van der Waals surface area contributed by atoms with Crippen molar-refractivity contribution in [1.29, 1.82) is 0 Å². The van der Waals surface area contributed by atoms with Crippen LogP contribution in [0.4, 0.5) is 8.78 Å². The van der Waals surface area contributed by atoms with Crippen LogP contribution in [-0.4, -0.2) is 23.3 Å². The second-order valence-electron chi connectivity index (χ2n) is 7.90. The van der Waals surface area contributed by atoms with Crippen molar-refractivity contribution in [2.75, 3.05) is 13.2 Å². The molecule has 1 N–H and O–H groups in total. The zero-order chi connectivity index (χ0) is 22.8. The largest absolute Gasteiger partial charge is 0.478 e. The zero-order valence-corrected chi connectivity index (χ0v) is 18.1. The average Bonchev–Trinajstić information content (AvgIpc) is 2.76. The fourth-order valence-corrected chi connectivity index (χ4v) is 3.60. The smallest absolute Gasteiger partial charge is 0.345 e. The number of nitrogens with zero attached hydrogens (tertiary/aromatic N) is 1. The lowest BCUT2D eigenvalue weighted by molar-refractivity contribution is 0.282. The Balaban J connectivity index is 1.48. The summed E-state index contributed by atoms with van der Waals surface area (Å²) in [6.07, 6.45) is 9.99. The second kappa shape index (κ2) is 12.3. The van der Waals surface area contributed by atoms with E-state index in [1.165, 1.54) is 31.7 Å². The van der Waals surface area contributed by atoms with E-state index in [2.05, 4.69) is 4.98 Å². The number of benzene rings is 1. The van der Waals surface area contributed by atoms with E-state index in [1.54, 1.807) is 12.1 Å². The first-order valence-electron chi connectivity index (χ1n) is 11.2. The van der Waals surface area contributed by atoms with Crippen molar-refractivity contribution in [2.45, 2.75) is 57.8 Å². The van der Waals surface area contributed by atoms with Gasteiger partial charge in [-0.15, -0.1) is 0 Å². The molecule has 3 rings (SSSR count). The fraction of sp³-hybridized carbons (Fsp3) is 0.440. The van der Waals surface area contributed by atoms with E-state index >= 15 is 0 Å². The monoisotopic (exact) mass is 445 g/mol. The molecule has 0 amide bonds. The number of aliphatic hydroxyl groups is 1. The second-order valence-corrected chi connectivity index (χ2v) is 7.90. The first-order chi connectivity index (χ1) is 15.6. The van der Waals surface area contributed by atoms with Gasteiger partial charge in [0.1, 0.15) is 11.6 Å². The molecule has 0 radical (unpaired) electrons. The van der Waals surface area contributed by atoms with Gasteiger partial charge in [0.15, 0.2) is 0 Å². The highest BCUT2D eigenvalue weighted by molar-refractivity contribution is 5.79. The molecular weight excluding hydrogens is 416 g/mol. The SMILES string of the molecule is O=c1oc2nc(OCCCCCCCCCCCO)ccc2cc1-c1cc(F)cc(F)c1. The molecular formula is C25H29F2NO4. The Morgan fingerprint density at radius 2 is 1.47 bits per heavy atom. The number of aromatic nitrogens is 1. The highest BCUT2D eigenvalue weighted by Crippen LogP contribution is 2.23. The van der Waals surface area contributed by atoms with Gasteiger partial charge in [-0.1, -0.05) is 44.9 Å². The van der Waals surface area contributed by atoms with Crippen molar-refractivity contribution >= 4 is 11.1 Å². The van der Waals surface area contributed by atoms with Crippen molar-refractivity contribution in [3.63, 3.8) is 0 Å². The molecule has 2 aromatic heterocycles. The maximum Gasteiger partial charge on any atom is 0.345 e. The van der Waals surface area contributed by atoms with Gasteiger partial charge in [0.2, 0.25) is 11.6 Å². The number of aliphatic hydroxyl groups excluding tert-OH is 1. The summed E-state index contributed by atoms with van der Waals surface area (Å²) in [5, 5.41) is 9.29. The number of halogens is 2. The van der Waals surface area contributed by atoms with Crippen molar-refractivity contribution < 1.29 is 23.0 Å². The van der Waals surface area contributed by atoms with E-state index in [9.17, 15) is 13.6 Å². The summed E-state index contributed by atoms with van der Waals surface area (Å²) in [6.45, 7) is 0.815. The topological polar surface area (TPSA) is 72.6 Å². The molecule has 1 aromatic carbocycles. The first-order valence-corrected chi connectivity index (χ1v) is 11.2. The number of hydrogen-bond donors (Lipinski definition) is 1. The minimum absolute atomic E-state index is 0.0692. The summed E-state index contributed by atoms with van der Waals surface area (Å²) in [5.74, 6) is -1.16. The Morgan fingerprint density at radius 3 is 2.12 bits per heavy atom. The predicted molar refractivity (Wildman–Crippen MR) is 120 cm³/mol. The lowest BCUT2D eigenvalue weighted by Crippen LogP contribution is -2.05. The van der Waals surface area contributed by atoms with Gasteiger partial charge in [0.05, 0.1) is 12.2 Å². The number of pyridine rings is 1. The Bertz CT molecular complexity index is 1050. The zero-order valence-electron chi connectivity index (χ0n) is 18.1. The van der Waals surface area contributed by atoms with Crippen molar-refractivity contribution in [2.24, 2.45) is 0 Å². The van der Waals surface area contributed by atoms with E-state index in [4.69, 9.17) is 14.3 Å². The third kappa shape index (κ3) is 7.12. The molecule has 5 nitrogen and oxygen atoms in total. The molecule has 0 aliphatic rings. The molecule has 0 saturated heterocycles. The Kier molecular flexibility index (Phi) is 9.16. The lowest BCUT2D eigenvalue weighted by Gasteiger charge is -2.07. The number of fused-ring (bicyclic) bond motifs is 1. The van der Waals surface area contributed by atoms with Gasteiger partial charge in [-0.05, 0) is 42.7 Å². The van der Waals surface area contributed by atoms with Crippen LogP contribution in [-0.2, 0) is 0 Å². The molecule has 32 heavy (non-hydrogen) atoms. The van der Waals surface area contributed by atoms with E-state index in [0.717, 1.165) is 50.3 Å². The van der Waals surface area contributed by atoms with Crippen LogP contribution >= 0.6 is 0 Å². The average molecular weight is 446 g/mol. The first kappa shape index (κ1) is 23.9. The maximum absolute atomic E-state index is 13.5. The molecule has 0 atom stereocenters. The molecule has 0 fully saturated rings. The summed E-state index contributed by atoms with van der Waals surface area (Å²) in [7, 11) is 0. The summed E-state index contributed by atoms with van der Waals surface area (Å²) in [6, 6.07) is 7.82. The van der Waals surface area contributed by atoms with Gasteiger partial charge in [-0.25, -0.2) is 13.6 Å². The normalized spacial score (nSPS) is 11.2. The standard InChI is InChI=1S/C25H29F2NO4/c26-20-14-19(15-21(27)17-20)22-16-18-10-11-23(28-24(18)32-25(22)30)31-13-9-7-5-3-1-2-4-6-8-12-29/h10-11,14-17,29H,1-9,12-13H2. The van der Waals surface area contributed by atoms with E-state index in [0.29, 0.717) is 17.9 Å². The summed E-state index contributed by atoms with van der Waals surface area (Å²) in [4.78, 5) is 16.6. The van der Waals surface area contributed by atoms with Gasteiger partial charge < -0.3 is 14.3 Å². The molecule has 3 aromatic rings. The third-order valence-corrected chi connectivity index (χ3v) is 5.30. The number of unbranched alkanes of at least 4 members (excludes halogenated alkanes) is 8. The molecule has 0 aliphatic heterocycles. The summed E-state index contributed by atoms with van der Waals surface area (Å²) in [5.41, 5.74) is -0.416. The number of rotatable bonds is 13. The quantitative estimate of drug-likeness (QED) is 0.326. The van der Waals surface area contributed by atoms with Crippen LogP contribution in [0.15, 0.2) is 45.6 Å². The Labute approximate surface area is 186 Å². The summed E-state index contributed by atoms with van der Waals surface area (Å²) < 4.78 is 37.9. The van der Waals surface area contributed by atoms with Gasteiger partial charge in [-0.2, -0.15) is 4.98 Å². The van der Waals surface area contributed by atoms with Crippen molar-refractivity contribution in [3.05, 3.63) is 58.5 Å². The highest BCUT2D eigenvalue weighted by Gasteiger charge is 2.12. The van der Waals surface area contributed by atoms with E-state index in [1.807, 2.05) is 0 Å². The molecule has 2 heterocycles. The van der Waals surface area contributed by atoms with Crippen LogP contribution in [0, 0.1) is 11.6 Å². The Morgan fingerprint density at radius 1 is 0.844 bits per heavy atom. The van der Waals surface area contributed by atoms with Crippen LogP contribution in [0.1, 0.15) is 57.8 Å². The van der Waals surface area contributed by atoms with Crippen LogP contribution < -0.4 is 10.4 Å². The van der Waals surface area contributed by atoms with Crippen molar-refractivity contribution in [3.8, 4) is 17.0 Å². The maximum atomic E-state index is 13.5.